The third kappa shape index (κ3) is 4.91. The van der Waals surface area contributed by atoms with E-state index in [0.29, 0.717) is 0 Å². The third-order valence-electron chi connectivity index (χ3n) is 12.7. The maximum Gasteiger partial charge on any atom is 0.159 e. The van der Waals surface area contributed by atoms with Crippen molar-refractivity contribution in [3.05, 3.63) is 192 Å². The molecule has 12 rings (SSSR count). The minimum Gasteiger partial charge on any atom is -0.454 e. The van der Waals surface area contributed by atoms with Crippen LogP contribution in [0.15, 0.2) is 179 Å². The highest BCUT2D eigenvalue weighted by Gasteiger charge is 2.27. The standard InChI is InChI=1S/C56H40N2O2/c1-33-15-11-21-41-43-23-13-25-47(55(43)59-53(33)41)57(37-17-7-5-8-18-37)49-31-35(3)39-28-30-46-50(32-36(4)40-27-29-45(49)51(39)52(40)46)58(38-19-9-6-10-20-38)48-26-14-24-44-42-22-12-16-34(2)54(42)60-56(44)48/h5-32H,1-4H3. The van der Waals surface area contributed by atoms with Crippen LogP contribution in [-0.4, -0.2) is 0 Å². The summed E-state index contributed by atoms with van der Waals surface area (Å²) in [4.78, 5) is 4.79. The second kappa shape index (κ2) is 13.0. The number of nitrogens with zero attached hydrogens (tertiary/aromatic N) is 2. The highest BCUT2D eigenvalue weighted by Crippen LogP contribution is 2.51. The molecule has 0 aliphatic heterocycles. The predicted octanol–water partition coefficient (Wildman–Crippen LogP) is 16.6. The molecule has 2 heterocycles. The van der Waals surface area contributed by atoms with Gasteiger partial charge in [0.25, 0.3) is 0 Å². The Hall–Kier alpha value is -7.56. The molecule has 0 fully saturated rings. The first-order chi connectivity index (χ1) is 29.4. The van der Waals surface area contributed by atoms with Crippen molar-refractivity contribution < 1.29 is 8.83 Å². The largest absolute Gasteiger partial charge is 0.454 e. The molecule has 4 heteroatoms. The molecule has 0 unspecified atom stereocenters. The highest BCUT2D eigenvalue weighted by molar-refractivity contribution is 6.30. The summed E-state index contributed by atoms with van der Waals surface area (Å²) >= 11 is 0. The van der Waals surface area contributed by atoms with Crippen LogP contribution in [0.4, 0.5) is 34.1 Å². The van der Waals surface area contributed by atoms with Gasteiger partial charge in [-0.05, 0) is 120 Å². The molecular weight excluding hydrogens is 733 g/mol. The zero-order chi connectivity index (χ0) is 40.2. The van der Waals surface area contributed by atoms with Gasteiger partial charge in [0.2, 0.25) is 0 Å². The molecule has 0 bridgehead atoms. The fraction of sp³-hybridized carbons (Fsp3) is 0.0714. The molecule has 0 atom stereocenters. The Labute approximate surface area is 347 Å². The normalized spacial score (nSPS) is 12.0. The lowest BCUT2D eigenvalue weighted by Gasteiger charge is -2.30. The average Bonchev–Trinajstić information content (AvgIpc) is 3.87. The van der Waals surface area contributed by atoms with Gasteiger partial charge in [-0.15, -0.1) is 0 Å². The van der Waals surface area contributed by atoms with Crippen molar-refractivity contribution in [1.29, 1.82) is 0 Å². The summed E-state index contributed by atoms with van der Waals surface area (Å²) < 4.78 is 13.7. The summed E-state index contributed by atoms with van der Waals surface area (Å²) in [5.74, 6) is 0. The molecule has 0 aliphatic carbocycles. The van der Waals surface area contributed by atoms with Crippen molar-refractivity contribution in [2.45, 2.75) is 27.7 Å². The number of furan rings is 2. The number of hydrogen-bond donors (Lipinski definition) is 0. The molecule has 0 saturated carbocycles. The molecule has 286 valence electrons. The van der Waals surface area contributed by atoms with Crippen LogP contribution in [0.5, 0.6) is 0 Å². The molecule has 0 radical (unpaired) electrons. The van der Waals surface area contributed by atoms with Crippen LogP contribution >= 0.6 is 0 Å². The van der Waals surface area contributed by atoms with Crippen molar-refractivity contribution >= 4 is 110 Å². The Bertz CT molecular complexity index is 3410. The predicted molar refractivity (Wildman–Crippen MR) is 253 cm³/mol. The number of rotatable bonds is 6. The van der Waals surface area contributed by atoms with Gasteiger partial charge < -0.3 is 18.6 Å². The summed E-state index contributed by atoms with van der Waals surface area (Å²) in [6.45, 7) is 8.74. The van der Waals surface area contributed by atoms with E-state index >= 15 is 0 Å². The van der Waals surface area contributed by atoms with Gasteiger partial charge in [0.15, 0.2) is 11.2 Å². The molecule has 12 aromatic rings. The first kappa shape index (κ1) is 34.5. The summed E-state index contributed by atoms with van der Waals surface area (Å²) in [6.07, 6.45) is 0. The lowest BCUT2D eigenvalue weighted by atomic mass is 9.88. The van der Waals surface area contributed by atoms with E-state index in [9.17, 15) is 0 Å². The van der Waals surface area contributed by atoms with E-state index in [0.717, 1.165) is 89.1 Å². The SMILES string of the molecule is Cc1cc(N(c2ccccc2)c2cccc3c2oc2c(C)cccc23)c2ccc3c(C)cc(N(c4ccccc4)c4cccc5c4oc4c(C)cccc45)c4ccc1c2c34. The highest BCUT2D eigenvalue weighted by atomic mass is 16.3. The smallest absolute Gasteiger partial charge is 0.159 e. The zero-order valence-electron chi connectivity index (χ0n) is 33.9. The van der Waals surface area contributed by atoms with Crippen molar-refractivity contribution in [3.63, 3.8) is 0 Å². The van der Waals surface area contributed by atoms with E-state index in [1.807, 2.05) is 0 Å². The molecule has 2 aromatic heterocycles. The van der Waals surface area contributed by atoms with Crippen LogP contribution in [0, 0.1) is 27.7 Å². The fourth-order valence-corrected chi connectivity index (χ4v) is 9.89. The molecule has 60 heavy (non-hydrogen) atoms. The summed E-state index contributed by atoms with van der Waals surface area (Å²) in [5, 5.41) is 11.8. The summed E-state index contributed by atoms with van der Waals surface area (Å²) in [6, 6.07) is 61.3. The van der Waals surface area contributed by atoms with E-state index in [1.54, 1.807) is 0 Å². The van der Waals surface area contributed by atoms with E-state index < -0.39 is 0 Å². The number of fused-ring (bicyclic) bond motifs is 6. The topological polar surface area (TPSA) is 32.8 Å². The van der Waals surface area contributed by atoms with Crippen LogP contribution in [0.25, 0.3) is 76.2 Å². The molecular formula is C56H40N2O2. The third-order valence-corrected chi connectivity index (χ3v) is 12.7. The van der Waals surface area contributed by atoms with Crippen LogP contribution in [-0.2, 0) is 0 Å². The number of anilines is 6. The summed E-state index contributed by atoms with van der Waals surface area (Å²) in [7, 11) is 0. The van der Waals surface area contributed by atoms with Crippen LogP contribution in [0.2, 0.25) is 0 Å². The quantitative estimate of drug-likeness (QED) is 0.158. The number of aryl methyl sites for hydroxylation is 4. The van der Waals surface area contributed by atoms with E-state index in [-0.39, 0.29) is 0 Å². The van der Waals surface area contributed by atoms with Gasteiger partial charge >= 0.3 is 0 Å². The van der Waals surface area contributed by atoms with Crippen LogP contribution in [0.3, 0.4) is 0 Å². The van der Waals surface area contributed by atoms with Gasteiger partial charge in [-0.1, -0.05) is 121 Å². The Morgan fingerprint density at radius 1 is 0.283 bits per heavy atom. The molecule has 0 amide bonds. The number of hydrogen-bond acceptors (Lipinski definition) is 4. The van der Waals surface area contributed by atoms with E-state index in [2.05, 4.69) is 207 Å². The van der Waals surface area contributed by atoms with Gasteiger partial charge in [0, 0.05) is 43.7 Å². The average molecular weight is 773 g/mol. The van der Waals surface area contributed by atoms with Crippen LogP contribution < -0.4 is 9.80 Å². The maximum atomic E-state index is 6.84. The van der Waals surface area contributed by atoms with Crippen molar-refractivity contribution in [2.24, 2.45) is 0 Å². The van der Waals surface area contributed by atoms with Crippen molar-refractivity contribution in [3.8, 4) is 0 Å². The van der Waals surface area contributed by atoms with Gasteiger partial charge in [-0.2, -0.15) is 0 Å². The minimum absolute atomic E-state index is 0.876. The zero-order valence-corrected chi connectivity index (χ0v) is 33.9. The van der Waals surface area contributed by atoms with Crippen molar-refractivity contribution in [1.82, 2.24) is 0 Å². The van der Waals surface area contributed by atoms with Crippen molar-refractivity contribution in [2.75, 3.05) is 9.80 Å². The van der Waals surface area contributed by atoms with E-state index in [4.69, 9.17) is 8.83 Å². The van der Waals surface area contributed by atoms with Crippen LogP contribution in [0.1, 0.15) is 22.3 Å². The van der Waals surface area contributed by atoms with Gasteiger partial charge in [0.05, 0.1) is 22.7 Å². The lowest BCUT2D eigenvalue weighted by molar-refractivity contribution is 0.665. The van der Waals surface area contributed by atoms with E-state index in [1.165, 1.54) is 43.4 Å². The molecule has 0 aliphatic rings. The monoisotopic (exact) mass is 772 g/mol. The first-order valence-corrected chi connectivity index (χ1v) is 20.7. The van der Waals surface area contributed by atoms with Gasteiger partial charge in [0.1, 0.15) is 11.2 Å². The Morgan fingerprint density at radius 2 is 0.650 bits per heavy atom. The molecule has 10 aromatic carbocycles. The molecule has 4 nitrogen and oxygen atoms in total. The lowest BCUT2D eigenvalue weighted by Crippen LogP contribution is -2.12. The Kier molecular flexibility index (Phi) is 7.45. The summed E-state index contributed by atoms with van der Waals surface area (Å²) in [5.41, 5.74) is 14.6. The van der Waals surface area contributed by atoms with Gasteiger partial charge in [-0.3, -0.25) is 0 Å². The second-order valence-corrected chi connectivity index (χ2v) is 16.3. The molecule has 0 saturated heterocycles. The maximum absolute atomic E-state index is 6.84. The number of para-hydroxylation sites is 6. The molecule has 0 spiro atoms. The number of benzene rings is 10. The first-order valence-electron chi connectivity index (χ1n) is 20.7. The molecule has 0 N–H and O–H groups in total. The van der Waals surface area contributed by atoms with Gasteiger partial charge in [-0.25, -0.2) is 0 Å². The Balaban J connectivity index is 1.16. The second-order valence-electron chi connectivity index (χ2n) is 16.3. The fourth-order valence-electron chi connectivity index (χ4n) is 9.89. The minimum atomic E-state index is 0.876. The Morgan fingerprint density at radius 3 is 1.07 bits per heavy atom.